The lowest BCUT2D eigenvalue weighted by Gasteiger charge is -2.39. The van der Waals surface area contributed by atoms with Crippen molar-refractivity contribution in [2.45, 2.75) is 82.7 Å². The number of nitrogens with zero attached hydrogens (tertiary/aromatic N) is 1. The van der Waals surface area contributed by atoms with Gasteiger partial charge in [0, 0.05) is 12.6 Å². The van der Waals surface area contributed by atoms with Crippen molar-refractivity contribution in [3.63, 3.8) is 0 Å². The molecule has 2 amide bonds. The lowest BCUT2D eigenvalue weighted by molar-refractivity contribution is -0.139. The zero-order valence-corrected chi connectivity index (χ0v) is 13.1. The maximum Gasteiger partial charge on any atom is 0.318 e. The minimum Gasteiger partial charge on any atom is -0.481 e. The van der Waals surface area contributed by atoms with Gasteiger partial charge in [-0.2, -0.15) is 0 Å². The van der Waals surface area contributed by atoms with Crippen molar-refractivity contribution in [1.82, 2.24) is 10.2 Å². The Hall–Kier alpha value is -1.26. The second-order valence-corrected chi connectivity index (χ2v) is 6.62. The molecule has 0 saturated heterocycles. The molecule has 0 atom stereocenters. The van der Waals surface area contributed by atoms with Gasteiger partial charge >= 0.3 is 12.0 Å². The summed E-state index contributed by atoms with van der Waals surface area (Å²) in [6.07, 6.45) is 9.02. The van der Waals surface area contributed by atoms with E-state index in [1.165, 1.54) is 0 Å². The topological polar surface area (TPSA) is 69.6 Å². The van der Waals surface area contributed by atoms with Crippen LogP contribution >= 0.6 is 0 Å². The number of rotatable bonds is 7. The van der Waals surface area contributed by atoms with E-state index in [9.17, 15) is 14.7 Å². The average molecular weight is 296 g/mol. The van der Waals surface area contributed by atoms with E-state index < -0.39 is 11.5 Å². The van der Waals surface area contributed by atoms with E-state index in [-0.39, 0.29) is 12.5 Å². The first-order chi connectivity index (χ1) is 10.1. The number of hydrogen-bond acceptors (Lipinski definition) is 2. The number of carboxylic acid groups (broad SMARTS) is 1. The highest BCUT2D eigenvalue weighted by atomic mass is 16.4. The van der Waals surface area contributed by atoms with Crippen molar-refractivity contribution in [2.75, 3.05) is 6.54 Å². The third kappa shape index (κ3) is 4.61. The molecule has 2 saturated carbocycles. The van der Waals surface area contributed by atoms with Gasteiger partial charge in [0.1, 0.15) is 0 Å². The van der Waals surface area contributed by atoms with Crippen LogP contribution in [0.1, 0.15) is 71.1 Å². The van der Waals surface area contributed by atoms with Crippen LogP contribution in [0.15, 0.2) is 0 Å². The summed E-state index contributed by atoms with van der Waals surface area (Å²) in [5, 5.41) is 12.3. The van der Waals surface area contributed by atoms with Gasteiger partial charge in [-0.15, -0.1) is 0 Å². The van der Waals surface area contributed by atoms with E-state index in [0.717, 1.165) is 64.3 Å². The Morgan fingerprint density at radius 1 is 1.24 bits per heavy atom. The number of amides is 2. The van der Waals surface area contributed by atoms with Gasteiger partial charge in [0.05, 0.1) is 12.0 Å². The first-order valence-electron chi connectivity index (χ1n) is 8.37. The Morgan fingerprint density at radius 2 is 1.90 bits per heavy atom. The van der Waals surface area contributed by atoms with E-state index in [1.807, 2.05) is 4.90 Å². The normalized spacial score (nSPS) is 20.8. The molecule has 0 spiro atoms. The fraction of sp³-hybridized carbons (Fsp3) is 0.875. The number of hydrogen-bond donors (Lipinski definition) is 2. The van der Waals surface area contributed by atoms with Crippen molar-refractivity contribution in [3.8, 4) is 0 Å². The van der Waals surface area contributed by atoms with Gasteiger partial charge in [-0.3, -0.25) is 4.79 Å². The highest BCUT2D eigenvalue weighted by molar-refractivity contribution is 5.77. The number of nitrogens with one attached hydrogen (secondary N) is 1. The van der Waals surface area contributed by atoms with E-state index >= 15 is 0 Å². The summed E-state index contributed by atoms with van der Waals surface area (Å²) in [7, 11) is 0. The van der Waals surface area contributed by atoms with Crippen molar-refractivity contribution >= 4 is 12.0 Å². The van der Waals surface area contributed by atoms with Crippen molar-refractivity contribution in [3.05, 3.63) is 0 Å². The molecule has 5 heteroatoms. The third-order valence-electron chi connectivity index (χ3n) is 4.67. The summed E-state index contributed by atoms with van der Waals surface area (Å²) in [4.78, 5) is 25.7. The number of urea groups is 1. The molecule has 0 aromatic rings. The molecule has 2 aliphatic rings. The number of unbranched alkanes of at least 4 members (excludes halogenated alkanes) is 1. The fourth-order valence-corrected chi connectivity index (χ4v) is 3.33. The van der Waals surface area contributed by atoms with Crippen molar-refractivity contribution in [2.24, 2.45) is 0 Å². The fourth-order valence-electron chi connectivity index (χ4n) is 3.33. The van der Waals surface area contributed by atoms with E-state index in [1.54, 1.807) is 0 Å². The minimum atomic E-state index is -0.816. The molecule has 0 unspecified atom stereocenters. The van der Waals surface area contributed by atoms with Gasteiger partial charge in [-0.1, -0.05) is 32.6 Å². The maximum absolute atomic E-state index is 12.6. The number of carbonyl (C=O) groups is 2. The SMILES string of the molecule is CCCCN(C(=O)NC1(CC(=O)O)CCCCC1)C1CC1. The van der Waals surface area contributed by atoms with Crippen LogP contribution in [0, 0.1) is 0 Å². The molecule has 2 N–H and O–H groups in total. The Morgan fingerprint density at radius 3 is 2.43 bits per heavy atom. The van der Waals surface area contributed by atoms with Crippen LogP contribution in [0.2, 0.25) is 0 Å². The molecule has 0 aromatic carbocycles. The summed E-state index contributed by atoms with van der Waals surface area (Å²) >= 11 is 0. The molecule has 5 nitrogen and oxygen atoms in total. The highest BCUT2D eigenvalue weighted by Gasteiger charge is 2.39. The molecule has 0 aliphatic heterocycles. The van der Waals surface area contributed by atoms with Gasteiger partial charge in [-0.05, 0) is 32.1 Å². The zero-order valence-electron chi connectivity index (χ0n) is 13.1. The largest absolute Gasteiger partial charge is 0.481 e. The summed E-state index contributed by atoms with van der Waals surface area (Å²) in [5.41, 5.74) is -0.527. The van der Waals surface area contributed by atoms with Gasteiger partial charge in [0.25, 0.3) is 0 Å². The van der Waals surface area contributed by atoms with Gasteiger partial charge in [-0.25, -0.2) is 4.79 Å². The smallest absolute Gasteiger partial charge is 0.318 e. The van der Waals surface area contributed by atoms with Crippen LogP contribution in [0.3, 0.4) is 0 Å². The first kappa shape index (κ1) is 16.1. The second kappa shape index (κ2) is 7.14. The molecular weight excluding hydrogens is 268 g/mol. The molecule has 2 fully saturated rings. The molecule has 0 radical (unpaired) electrons. The average Bonchev–Trinajstić information content (AvgIpc) is 3.23. The lowest BCUT2D eigenvalue weighted by Crippen LogP contribution is -2.55. The first-order valence-corrected chi connectivity index (χ1v) is 8.37. The molecular formula is C16H28N2O3. The summed E-state index contributed by atoms with van der Waals surface area (Å²) in [6, 6.07) is 0.330. The van der Waals surface area contributed by atoms with E-state index in [4.69, 9.17) is 0 Å². The molecule has 2 aliphatic carbocycles. The van der Waals surface area contributed by atoms with Gasteiger partial charge in [0.2, 0.25) is 0 Å². The number of carboxylic acids is 1. The van der Waals surface area contributed by atoms with Crippen LogP contribution in [0.5, 0.6) is 0 Å². The van der Waals surface area contributed by atoms with Crippen LogP contribution < -0.4 is 5.32 Å². The molecule has 0 bridgehead atoms. The van der Waals surface area contributed by atoms with Gasteiger partial charge in [0.15, 0.2) is 0 Å². The quantitative estimate of drug-likeness (QED) is 0.758. The van der Waals surface area contributed by atoms with E-state index in [0.29, 0.717) is 6.04 Å². The molecule has 0 heterocycles. The second-order valence-electron chi connectivity index (χ2n) is 6.62. The summed E-state index contributed by atoms with van der Waals surface area (Å²) < 4.78 is 0. The summed E-state index contributed by atoms with van der Waals surface area (Å²) in [6.45, 7) is 2.91. The Balaban J connectivity index is 2.00. The van der Waals surface area contributed by atoms with Crippen LogP contribution in [0.25, 0.3) is 0 Å². The molecule has 0 aromatic heterocycles. The predicted molar refractivity (Wildman–Crippen MR) is 81.2 cm³/mol. The maximum atomic E-state index is 12.6. The molecule has 2 rings (SSSR count). The van der Waals surface area contributed by atoms with Gasteiger partial charge < -0.3 is 15.3 Å². The molecule has 120 valence electrons. The Bertz CT molecular complexity index is 374. The highest BCUT2D eigenvalue weighted by Crippen LogP contribution is 2.33. The van der Waals surface area contributed by atoms with E-state index in [2.05, 4.69) is 12.2 Å². The third-order valence-corrected chi connectivity index (χ3v) is 4.67. The monoisotopic (exact) mass is 296 g/mol. The van der Waals surface area contributed by atoms with Crippen LogP contribution in [0.4, 0.5) is 4.79 Å². The van der Waals surface area contributed by atoms with Crippen LogP contribution in [-0.4, -0.2) is 40.1 Å². The van der Waals surface area contributed by atoms with Crippen molar-refractivity contribution in [1.29, 1.82) is 0 Å². The molecule has 21 heavy (non-hydrogen) atoms. The van der Waals surface area contributed by atoms with Crippen molar-refractivity contribution < 1.29 is 14.7 Å². The zero-order chi connectivity index (χ0) is 15.3. The number of aliphatic carboxylic acids is 1. The lowest BCUT2D eigenvalue weighted by atomic mass is 9.79. The summed E-state index contributed by atoms with van der Waals surface area (Å²) in [5.74, 6) is -0.816. The Kier molecular flexibility index (Phi) is 5.48. The predicted octanol–water partition coefficient (Wildman–Crippen LogP) is 3.14. The Labute approximate surface area is 127 Å². The van der Waals surface area contributed by atoms with Crippen LogP contribution in [-0.2, 0) is 4.79 Å². The number of carbonyl (C=O) groups excluding carboxylic acids is 1. The standard InChI is InChI=1S/C16H28N2O3/c1-2-3-11-18(13-7-8-13)15(21)17-16(12-14(19)20)9-5-4-6-10-16/h13H,2-12H2,1H3,(H,17,21)(H,19,20). The minimum absolute atomic E-state index is 0.0467.